The Balaban J connectivity index is 0.899. The maximum atomic E-state index is 14.0. The number of nitrogens with one attached hydrogen (secondary N) is 3. The molecule has 4 aliphatic rings. The van der Waals surface area contributed by atoms with Crippen molar-refractivity contribution in [3.63, 3.8) is 0 Å². The van der Waals surface area contributed by atoms with E-state index in [9.17, 15) is 23.3 Å². The number of anilines is 2. The van der Waals surface area contributed by atoms with Crippen molar-refractivity contribution in [2.24, 2.45) is 16.7 Å². The first-order valence-electron chi connectivity index (χ1n) is 21.8. The minimum absolute atomic E-state index is 0.0163. The van der Waals surface area contributed by atoms with Crippen LogP contribution < -0.4 is 19.7 Å². The van der Waals surface area contributed by atoms with Crippen LogP contribution in [0.1, 0.15) is 87.2 Å². The number of piperidine rings is 1. The van der Waals surface area contributed by atoms with E-state index in [1.165, 1.54) is 11.8 Å². The Morgan fingerprint density at radius 1 is 1.02 bits per heavy atom. The third-order valence-electron chi connectivity index (χ3n) is 13.8. The smallest absolute Gasteiger partial charge is 0.312 e. The van der Waals surface area contributed by atoms with Crippen molar-refractivity contribution in [2.45, 2.75) is 82.2 Å². The second-order valence-corrected chi connectivity index (χ2v) is 21.0. The van der Waals surface area contributed by atoms with Gasteiger partial charge in [0.1, 0.15) is 22.0 Å². The molecule has 5 heterocycles. The van der Waals surface area contributed by atoms with Crippen LogP contribution in [-0.4, -0.2) is 84.5 Å². The molecular weight excluding hydrogens is 889 g/mol. The summed E-state index contributed by atoms with van der Waals surface area (Å²) in [6, 6.07) is 18.8. The Morgan fingerprint density at radius 2 is 1.79 bits per heavy atom. The first-order valence-corrected chi connectivity index (χ1v) is 24.1. The summed E-state index contributed by atoms with van der Waals surface area (Å²) in [5, 5.41) is 16.0. The third kappa shape index (κ3) is 9.29. The number of halogens is 1. The van der Waals surface area contributed by atoms with Gasteiger partial charge in [-0.1, -0.05) is 48.0 Å². The number of nitro groups is 1. The summed E-state index contributed by atoms with van der Waals surface area (Å²) in [4.78, 5) is 41.5. The normalized spacial score (nSPS) is 20.6. The van der Waals surface area contributed by atoms with Crippen molar-refractivity contribution in [1.29, 1.82) is 0 Å². The number of carbonyl (C=O) groups is 1. The molecule has 63 heavy (non-hydrogen) atoms. The van der Waals surface area contributed by atoms with E-state index in [1.54, 1.807) is 30.5 Å². The standard InChI is InChI=1S/C46H53BrN8O7S/c1-45(2)12-9-30(10-13-45)26-49-43-39(55(57)58)23-35(28-51-43)63(59,60)52-44(56)37-8-7-32(22-41(37)62-34-21-31-11-16-48-42(31)50-27-34)53-17-14-46(15-18-53)24-33(25-46)54-19-20-61-29-40(54)36-5-3-4-6-38(36)47/h3-8,11,16,21-23,27-28,30,33,40H,9-10,12-15,17-20,24-26,29H2,1-2H3,(H,48,50)(H,49,51)(H,52,56)/t40-/m0/s1. The average Bonchev–Trinajstić information content (AvgIpc) is 3.73. The number of hydrogen-bond acceptors (Lipinski definition) is 12. The maximum Gasteiger partial charge on any atom is 0.312 e. The number of amides is 1. The van der Waals surface area contributed by atoms with Crippen molar-refractivity contribution in [3.8, 4) is 11.5 Å². The lowest BCUT2D eigenvalue weighted by atomic mass is 9.59. The molecule has 2 saturated carbocycles. The summed E-state index contributed by atoms with van der Waals surface area (Å²) < 4.78 is 42.9. The summed E-state index contributed by atoms with van der Waals surface area (Å²) in [5.41, 5.74) is 2.78. The van der Waals surface area contributed by atoms with Crippen molar-refractivity contribution >= 4 is 60.1 Å². The minimum atomic E-state index is -4.60. The number of rotatable bonds is 12. The number of aromatic nitrogens is 3. The zero-order valence-corrected chi connectivity index (χ0v) is 37.9. The van der Waals surface area contributed by atoms with E-state index in [2.05, 4.69) is 82.8 Å². The molecule has 5 aromatic rings. The molecule has 0 bridgehead atoms. The molecule has 0 radical (unpaired) electrons. The van der Waals surface area contributed by atoms with Crippen LogP contribution in [0.25, 0.3) is 11.0 Å². The highest BCUT2D eigenvalue weighted by molar-refractivity contribution is 9.10. The Morgan fingerprint density at radius 3 is 2.56 bits per heavy atom. The molecule has 4 fully saturated rings. The number of nitrogens with zero attached hydrogens (tertiary/aromatic N) is 5. The van der Waals surface area contributed by atoms with E-state index in [4.69, 9.17) is 9.47 Å². The molecule has 332 valence electrons. The summed E-state index contributed by atoms with van der Waals surface area (Å²) in [6.07, 6.45) is 12.7. The van der Waals surface area contributed by atoms with Crippen molar-refractivity contribution < 1.29 is 27.6 Å². The van der Waals surface area contributed by atoms with Crippen LogP contribution in [0.15, 0.2) is 88.6 Å². The van der Waals surface area contributed by atoms with E-state index >= 15 is 0 Å². The van der Waals surface area contributed by atoms with Crippen LogP contribution in [0.4, 0.5) is 17.2 Å². The zero-order chi connectivity index (χ0) is 43.9. The number of ether oxygens (including phenoxy) is 2. The van der Waals surface area contributed by atoms with Crippen LogP contribution in [-0.2, 0) is 14.8 Å². The number of benzene rings is 2. The Kier molecular flexibility index (Phi) is 12.0. The highest BCUT2D eigenvalue weighted by Crippen LogP contribution is 2.53. The Labute approximate surface area is 375 Å². The van der Waals surface area contributed by atoms with Gasteiger partial charge in [0.25, 0.3) is 15.9 Å². The van der Waals surface area contributed by atoms with E-state index in [0.29, 0.717) is 36.5 Å². The fourth-order valence-corrected chi connectivity index (χ4v) is 11.4. The van der Waals surface area contributed by atoms with Gasteiger partial charge in [-0.25, -0.2) is 23.1 Å². The van der Waals surface area contributed by atoms with Gasteiger partial charge in [-0.05, 0) is 104 Å². The first-order chi connectivity index (χ1) is 30.2. The van der Waals surface area contributed by atoms with Crippen molar-refractivity contribution in [1.82, 2.24) is 24.6 Å². The van der Waals surface area contributed by atoms with Crippen LogP contribution >= 0.6 is 15.9 Å². The van der Waals surface area contributed by atoms with Crippen LogP contribution in [0.3, 0.4) is 0 Å². The first kappa shape index (κ1) is 43.2. The van der Waals surface area contributed by atoms with E-state index < -0.39 is 31.4 Å². The van der Waals surface area contributed by atoms with Gasteiger partial charge < -0.3 is 24.7 Å². The molecule has 17 heteroatoms. The fraction of sp³-hybridized carbons (Fsp3) is 0.457. The second kappa shape index (κ2) is 17.5. The molecule has 3 N–H and O–H groups in total. The van der Waals surface area contributed by atoms with Gasteiger partial charge in [0, 0.05) is 66.1 Å². The van der Waals surface area contributed by atoms with Gasteiger partial charge >= 0.3 is 5.69 Å². The largest absolute Gasteiger partial charge is 0.455 e. The number of pyridine rings is 2. The minimum Gasteiger partial charge on any atom is -0.455 e. The van der Waals surface area contributed by atoms with Gasteiger partial charge in [-0.2, -0.15) is 0 Å². The molecule has 2 aliphatic carbocycles. The molecule has 1 amide bonds. The fourth-order valence-electron chi connectivity index (χ4n) is 9.97. The SMILES string of the molecule is CC1(C)CCC(CNc2ncc(S(=O)(=O)NC(=O)c3ccc(N4CCC5(CC4)CC(N4CCOC[C@H]4c4ccccc4Br)C5)cc3Oc3cnc4[nH]ccc4c3)cc2[N+](=O)[O-])CC1. The van der Waals surface area contributed by atoms with Gasteiger partial charge in [-0.15, -0.1) is 0 Å². The molecule has 3 aromatic heterocycles. The number of hydrogen-bond donors (Lipinski definition) is 3. The molecule has 2 aliphatic heterocycles. The van der Waals surface area contributed by atoms with Gasteiger partial charge in [0.15, 0.2) is 0 Å². The monoisotopic (exact) mass is 940 g/mol. The Hall–Kier alpha value is -5.10. The van der Waals surface area contributed by atoms with Crippen LogP contribution in [0.5, 0.6) is 11.5 Å². The number of morpholine rings is 1. The van der Waals surface area contributed by atoms with Crippen molar-refractivity contribution in [3.05, 3.63) is 105 Å². The number of H-pyrrole nitrogens is 1. The van der Waals surface area contributed by atoms with Gasteiger partial charge in [0.05, 0.1) is 42.1 Å². The second-order valence-electron chi connectivity index (χ2n) is 18.5. The number of sulfonamides is 1. The highest BCUT2D eigenvalue weighted by atomic mass is 79.9. The summed E-state index contributed by atoms with van der Waals surface area (Å²) in [6.45, 7) is 8.93. The topological polar surface area (TPSA) is 185 Å². The quantitative estimate of drug-likeness (QED) is 0.0798. The van der Waals surface area contributed by atoms with Crippen molar-refractivity contribution in [2.75, 3.05) is 49.6 Å². The van der Waals surface area contributed by atoms with E-state index in [1.807, 2.05) is 12.1 Å². The van der Waals surface area contributed by atoms with E-state index in [0.717, 1.165) is 105 Å². The van der Waals surface area contributed by atoms with E-state index in [-0.39, 0.29) is 34.0 Å². The average molecular weight is 942 g/mol. The van der Waals surface area contributed by atoms with Gasteiger partial charge in [0.2, 0.25) is 5.82 Å². The lowest BCUT2D eigenvalue weighted by Crippen LogP contribution is -2.57. The van der Waals surface area contributed by atoms with Gasteiger partial charge in [-0.3, -0.25) is 19.8 Å². The van der Waals surface area contributed by atoms with Crippen LogP contribution in [0.2, 0.25) is 0 Å². The molecule has 15 nitrogen and oxygen atoms in total. The summed E-state index contributed by atoms with van der Waals surface area (Å²) in [7, 11) is -4.60. The predicted octanol–water partition coefficient (Wildman–Crippen LogP) is 8.99. The Bertz CT molecular complexity index is 2610. The number of aromatic amines is 1. The molecular formula is C46H53BrN8O7S. The lowest BCUT2D eigenvalue weighted by Gasteiger charge is -2.57. The lowest BCUT2D eigenvalue weighted by molar-refractivity contribution is -0.384. The molecule has 0 unspecified atom stereocenters. The van der Waals surface area contributed by atoms with Crippen LogP contribution in [0, 0.1) is 26.9 Å². The molecule has 1 atom stereocenters. The summed E-state index contributed by atoms with van der Waals surface area (Å²) >= 11 is 3.76. The maximum absolute atomic E-state index is 14.0. The highest BCUT2D eigenvalue weighted by Gasteiger charge is 2.49. The third-order valence-corrected chi connectivity index (χ3v) is 15.9. The summed E-state index contributed by atoms with van der Waals surface area (Å²) in [5.74, 6) is -0.152. The predicted molar refractivity (Wildman–Crippen MR) is 244 cm³/mol. The molecule has 1 spiro atoms. The molecule has 2 saturated heterocycles. The molecule has 2 aromatic carbocycles. The zero-order valence-electron chi connectivity index (χ0n) is 35.5. The number of carbonyl (C=O) groups excluding carboxylic acids is 1. The molecule has 9 rings (SSSR count). The number of fused-ring (bicyclic) bond motifs is 1.